The summed E-state index contributed by atoms with van der Waals surface area (Å²) in [5.74, 6) is 2.60. The van der Waals surface area contributed by atoms with Gasteiger partial charge in [-0.05, 0) is 24.8 Å². The van der Waals surface area contributed by atoms with Gasteiger partial charge in [-0.1, -0.05) is 13.8 Å². The first kappa shape index (κ1) is 12.3. The molecule has 0 spiro atoms. The molecule has 0 bridgehead atoms. The topological polar surface area (TPSA) is 29.3 Å². The fraction of sp³-hybridized carbons (Fsp3) is 1.00. The quantitative estimate of drug-likeness (QED) is 0.760. The summed E-state index contributed by atoms with van der Waals surface area (Å²) in [4.78, 5) is 2.59. The molecule has 14 heavy (non-hydrogen) atoms. The monoisotopic (exact) mass is 216 g/mol. The Kier molecular flexibility index (Phi) is 5.28. The maximum Gasteiger partial charge on any atom is 0.00729 e. The third-order valence-corrected chi connectivity index (χ3v) is 4.54. The molecule has 0 saturated carbocycles. The predicted octanol–water partition coefficient (Wildman–Crippen LogP) is 1.80. The van der Waals surface area contributed by atoms with Crippen molar-refractivity contribution in [1.29, 1.82) is 0 Å². The molecule has 0 aromatic carbocycles. The number of nitrogens with zero attached hydrogens (tertiary/aromatic N) is 1. The van der Waals surface area contributed by atoms with E-state index in [-0.39, 0.29) is 0 Å². The summed E-state index contributed by atoms with van der Waals surface area (Å²) in [5.41, 5.74) is 6.29. The fourth-order valence-corrected chi connectivity index (χ4v) is 3.04. The lowest BCUT2D eigenvalue weighted by molar-refractivity contribution is 0.153. The highest BCUT2D eigenvalue weighted by atomic mass is 32.2. The van der Waals surface area contributed by atoms with Gasteiger partial charge in [0.15, 0.2) is 0 Å². The average Bonchev–Trinajstić information content (AvgIpc) is 2.28. The molecular formula is C11H24N2S. The van der Waals surface area contributed by atoms with Crippen LogP contribution in [0.15, 0.2) is 0 Å². The van der Waals surface area contributed by atoms with E-state index in [1.807, 2.05) is 0 Å². The first-order valence-electron chi connectivity index (χ1n) is 5.76. The summed E-state index contributed by atoms with van der Waals surface area (Å²) in [6, 6.07) is 0. The molecule has 0 aliphatic carbocycles. The Bertz CT molecular complexity index is 143. The molecule has 2 nitrogen and oxygen atoms in total. The SMILES string of the molecule is CCC(CC)(CN)CN1CCSCC1. The molecule has 3 heteroatoms. The van der Waals surface area contributed by atoms with Crippen LogP contribution in [-0.4, -0.2) is 42.6 Å². The summed E-state index contributed by atoms with van der Waals surface area (Å²) in [6.07, 6.45) is 2.42. The second-order valence-corrected chi connectivity index (χ2v) is 5.52. The second kappa shape index (κ2) is 5.99. The molecule has 1 saturated heterocycles. The minimum atomic E-state index is 0.377. The summed E-state index contributed by atoms with van der Waals surface area (Å²) in [7, 11) is 0. The van der Waals surface area contributed by atoms with Gasteiger partial charge in [0.25, 0.3) is 0 Å². The Labute approximate surface area is 92.6 Å². The van der Waals surface area contributed by atoms with Crippen molar-refractivity contribution in [2.45, 2.75) is 26.7 Å². The molecule has 84 valence electrons. The third-order valence-electron chi connectivity index (χ3n) is 3.60. The molecule has 0 unspecified atom stereocenters. The maximum absolute atomic E-state index is 5.91. The lowest BCUT2D eigenvalue weighted by Gasteiger charge is -2.37. The van der Waals surface area contributed by atoms with Gasteiger partial charge in [-0.2, -0.15) is 11.8 Å². The molecule has 0 atom stereocenters. The van der Waals surface area contributed by atoms with Gasteiger partial charge < -0.3 is 10.6 Å². The van der Waals surface area contributed by atoms with Crippen LogP contribution >= 0.6 is 11.8 Å². The van der Waals surface area contributed by atoms with Crippen molar-refractivity contribution in [3.8, 4) is 0 Å². The lowest BCUT2D eigenvalue weighted by atomic mass is 9.82. The maximum atomic E-state index is 5.91. The van der Waals surface area contributed by atoms with Crippen molar-refractivity contribution < 1.29 is 0 Å². The van der Waals surface area contributed by atoms with Gasteiger partial charge in [-0.25, -0.2) is 0 Å². The molecule has 2 N–H and O–H groups in total. The van der Waals surface area contributed by atoms with Crippen molar-refractivity contribution in [3.05, 3.63) is 0 Å². The van der Waals surface area contributed by atoms with Gasteiger partial charge in [-0.3, -0.25) is 0 Å². The minimum absolute atomic E-state index is 0.377. The lowest BCUT2D eigenvalue weighted by Crippen LogP contribution is -2.45. The second-order valence-electron chi connectivity index (χ2n) is 4.30. The standard InChI is InChI=1S/C11H24N2S/c1-3-11(4-2,9-12)10-13-5-7-14-8-6-13/h3-10,12H2,1-2H3. The van der Waals surface area contributed by atoms with Crippen molar-refractivity contribution >= 4 is 11.8 Å². The molecule has 1 fully saturated rings. The van der Waals surface area contributed by atoms with E-state index in [0.717, 1.165) is 6.54 Å². The van der Waals surface area contributed by atoms with Crippen LogP contribution in [0.3, 0.4) is 0 Å². The number of hydrogen-bond acceptors (Lipinski definition) is 3. The zero-order valence-corrected chi connectivity index (χ0v) is 10.4. The summed E-state index contributed by atoms with van der Waals surface area (Å²) in [5, 5.41) is 0. The molecule has 0 radical (unpaired) electrons. The highest BCUT2D eigenvalue weighted by Crippen LogP contribution is 2.27. The smallest absolute Gasteiger partial charge is 0.00729 e. The summed E-state index contributed by atoms with van der Waals surface area (Å²) >= 11 is 2.07. The first-order chi connectivity index (χ1) is 6.76. The van der Waals surface area contributed by atoms with Crippen LogP contribution in [0.2, 0.25) is 0 Å². The molecule has 1 aliphatic rings. The van der Waals surface area contributed by atoms with E-state index < -0.39 is 0 Å². The van der Waals surface area contributed by atoms with Gasteiger partial charge >= 0.3 is 0 Å². The van der Waals surface area contributed by atoms with E-state index in [2.05, 4.69) is 30.5 Å². The molecule has 1 aliphatic heterocycles. The van der Waals surface area contributed by atoms with Crippen molar-refractivity contribution in [2.24, 2.45) is 11.1 Å². The summed E-state index contributed by atoms with van der Waals surface area (Å²) in [6.45, 7) is 9.10. The van der Waals surface area contributed by atoms with Crippen LogP contribution < -0.4 is 5.73 Å². The van der Waals surface area contributed by atoms with E-state index >= 15 is 0 Å². The van der Waals surface area contributed by atoms with E-state index in [4.69, 9.17) is 5.73 Å². The minimum Gasteiger partial charge on any atom is -0.330 e. The number of nitrogens with two attached hydrogens (primary N) is 1. The van der Waals surface area contributed by atoms with Gasteiger partial charge in [0, 0.05) is 31.1 Å². The largest absolute Gasteiger partial charge is 0.330 e. The van der Waals surface area contributed by atoms with Crippen molar-refractivity contribution in [1.82, 2.24) is 4.90 Å². The molecule has 0 amide bonds. The summed E-state index contributed by atoms with van der Waals surface area (Å²) < 4.78 is 0. The van der Waals surface area contributed by atoms with Gasteiger partial charge in [-0.15, -0.1) is 0 Å². The van der Waals surface area contributed by atoms with E-state index in [0.29, 0.717) is 5.41 Å². The van der Waals surface area contributed by atoms with Crippen LogP contribution in [0.1, 0.15) is 26.7 Å². The normalized spacial score (nSPS) is 19.9. The van der Waals surface area contributed by atoms with Crippen molar-refractivity contribution in [3.63, 3.8) is 0 Å². The highest BCUT2D eigenvalue weighted by molar-refractivity contribution is 7.99. The Morgan fingerprint density at radius 3 is 2.21 bits per heavy atom. The van der Waals surface area contributed by atoms with Gasteiger partial charge in [0.2, 0.25) is 0 Å². The number of rotatable bonds is 5. The molecule has 1 heterocycles. The zero-order chi connectivity index (χ0) is 10.4. The molecule has 1 rings (SSSR count). The Balaban J connectivity index is 2.44. The highest BCUT2D eigenvalue weighted by Gasteiger charge is 2.27. The predicted molar refractivity (Wildman–Crippen MR) is 65.8 cm³/mol. The third kappa shape index (κ3) is 3.14. The number of thioether (sulfide) groups is 1. The Morgan fingerprint density at radius 1 is 1.21 bits per heavy atom. The molecular weight excluding hydrogens is 192 g/mol. The van der Waals surface area contributed by atoms with Gasteiger partial charge in [0.1, 0.15) is 0 Å². The van der Waals surface area contributed by atoms with Crippen LogP contribution in [0.25, 0.3) is 0 Å². The van der Waals surface area contributed by atoms with Crippen LogP contribution in [0.4, 0.5) is 0 Å². The van der Waals surface area contributed by atoms with Crippen LogP contribution in [0.5, 0.6) is 0 Å². The Hall–Kier alpha value is 0.270. The average molecular weight is 216 g/mol. The number of hydrogen-bond donors (Lipinski definition) is 1. The van der Waals surface area contributed by atoms with Gasteiger partial charge in [0.05, 0.1) is 0 Å². The van der Waals surface area contributed by atoms with E-state index in [9.17, 15) is 0 Å². The fourth-order valence-electron chi connectivity index (χ4n) is 2.06. The van der Waals surface area contributed by atoms with Crippen molar-refractivity contribution in [2.75, 3.05) is 37.7 Å². The molecule has 0 aromatic heterocycles. The van der Waals surface area contributed by atoms with E-state index in [1.54, 1.807) is 0 Å². The Morgan fingerprint density at radius 2 is 1.79 bits per heavy atom. The molecule has 0 aromatic rings. The van der Waals surface area contributed by atoms with Crippen LogP contribution in [0, 0.1) is 5.41 Å². The van der Waals surface area contributed by atoms with E-state index in [1.165, 1.54) is 44.0 Å². The first-order valence-corrected chi connectivity index (χ1v) is 6.92. The van der Waals surface area contributed by atoms with Crippen LogP contribution in [-0.2, 0) is 0 Å². The zero-order valence-electron chi connectivity index (χ0n) is 9.59.